The van der Waals surface area contributed by atoms with E-state index >= 15 is 0 Å². The highest BCUT2D eigenvalue weighted by molar-refractivity contribution is 6.30. The second kappa shape index (κ2) is 9.11. The molecule has 144 valence electrons. The van der Waals surface area contributed by atoms with Gasteiger partial charge in [0.1, 0.15) is 0 Å². The fraction of sp³-hybridized carbons (Fsp3) is 0.381. The minimum Gasteiger partial charge on any atom is -0.493 e. The van der Waals surface area contributed by atoms with E-state index in [1.165, 1.54) is 5.56 Å². The van der Waals surface area contributed by atoms with Crippen LogP contribution in [0, 0.1) is 0 Å². The van der Waals surface area contributed by atoms with Gasteiger partial charge in [-0.25, -0.2) is 0 Å². The molecule has 1 aliphatic rings. The van der Waals surface area contributed by atoms with Crippen molar-refractivity contribution >= 4 is 17.5 Å². The Labute approximate surface area is 165 Å². The van der Waals surface area contributed by atoms with Crippen LogP contribution in [0.3, 0.4) is 0 Å². The van der Waals surface area contributed by atoms with E-state index < -0.39 is 0 Å². The summed E-state index contributed by atoms with van der Waals surface area (Å²) in [6.45, 7) is 4.13. The molecule has 0 radical (unpaired) electrons. The third kappa shape index (κ3) is 5.15. The molecule has 5 nitrogen and oxygen atoms in total. The van der Waals surface area contributed by atoms with Crippen molar-refractivity contribution in [1.29, 1.82) is 0 Å². The first-order valence-electron chi connectivity index (χ1n) is 9.04. The number of methoxy groups -OCH3 is 2. The second-order valence-electron chi connectivity index (χ2n) is 6.65. The van der Waals surface area contributed by atoms with Crippen molar-refractivity contribution in [2.75, 3.05) is 40.4 Å². The second-order valence-corrected chi connectivity index (χ2v) is 7.09. The predicted molar refractivity (Wildman–Crippen MR) is 107 cm³/mol. The lowest BCUT2D eigenvalue weighted by Gasteiger charge is -2.35. The van der Waals surface area contributed by atoms with Crippen LogP contribution in [0.4, 0.5) is 0 Å². The summed E-state index contributed by atoms with van der Waals surface area (Å²) in [5.41, 5.74) is 2.17. The summed E-state index contributed by atoms with van der Waals surface area (Å²) < 4.78 is 10.6. The van der Waals surface area contributed by atoms with Crippen LogP contribution in [0.5, 0.6) is 11.5 Å². The molecule has 27 heavy (non-hydrogen) atoms. The van der Waals surface area contributed by atoms with E-state index in [2.05, 4.69) is 17.0 Å². The van der Waals surface area contributed by atoms with Gasteiger partial charge in [0.05, 0.1) is 20.6 Å². The molecule has 0 aromatic heterocycles. The fourth-order valence-electron chi connectivity index (χ4n) is 3.28. The van der Waals surface area contributed by atoms with E-state index in [0.717, 1.165) is 43.3 Å². The van der Waals surface area contributed by atoms with E-state index in [0.29, 0.717) is 17.9 Å². The van der Waals surface area contributed by atoms with Crippen molar-refractivity contribution in [3.63, 3.8) is 0 Å². The van der Waals surface area contributed by atoms with Crippen LogP contribution in [0.15, 0.2) is 42.5 Å². The molecule has 1 amide bonds. The van der Waals surface area contributed by atoms with Crippen molar-refractivity contribution in [1.82, 2.24) is 9.80 Å². The molecule has 0 atom stereocenters. The Hall–Kier alpha value is -2.24. The average molecular weight is 389 g/mol. The van der Waals surface area contributed by atoms with Crippen molar-refractivity contribution in [3.8, 4) is 11.5 Å². The van der Waals surface area contributed by atoms with Gasteiger partial charge in [0, 0.05) is 37.7 Å². The third-order valence-corrected chi connectivity index (χ3v) is 5.10. The molecule has 1 fully saturated rings. The van der Waals surface area contributed by atoms with Crippen molar-refractivity contribution in [2.24, 2.45) is 0 Å². The number of piperazine rings is 1. The molecule has 0 aliphatic carbocycles. The molecule has 2 aromatic rings. The van der Waals surface area contributed by atoms with Crippen molar-refractivity contribution in [2.45, 2.75) is 13.0 Å². The van der Waals surface area contributed by atoms with Gasteiger partial charge in [-0.15, -0.1) is 0 Å². The SMILES string of the molecule is COc1ccc(CC(=O)N2CCN(Cc3ccc(Cl)cc3)CC2)cc1OC. The number of nitrogens with zero attached hydrogens (tertiary/aromatic N) is 2. The smallest absolute Gasteiger partial charge is 0.227 e. The number of carbonyl (C=O) groups excluding carboxylic acids is 1. The highest BCUT2D eigenvalue weighted by atomic mass is 35.5. The summed E-state index contributed by atoms with van der Waals surface area (Å²) in [5.74, 6) is 1.47. The summed E-state index contributed by atoms with van der Waals surface area (Å²) in [7, 11) is 3.20. The topological polar surface area (TPSA) is 42.0 Å². The number of halogens is 1. The van der Waals surface area contributed by atoms with E-state index in [-0.39, 0.29) is 5.91 Å². The maximum Gasteiger partial charge on any atom is 0.227 e. The minimum absolute atomic E-state index is 0.147. The Morgan fingerprint density at radius 3 is 2.19 bits per heavy atom. The summed E-state index contributed by atoms with van der Waals surface area (Å²) in [6.07, 6.45) is 0.373. The van der Waals surface area contributed by atoms with E-state index in [9.17, 15) is 4.79 Å². The lowest BCUT2D eigenvalue weighted by molar-refractivity contribution is -0.132. The number of amides is 1. The number of rotatable bonds is 6. The number of ether oxygens (including phenoxy) is 2. The number of hydrogen-bond acceptors (Lipinski definition) is 4. The van der Waals surface area contributed by atoms with Gasteiger partial charge in [0.25, 0.3) is 0 Å². The van der Waals surface area contributed by atoms with Crippen LogP contribution in [-0.4, -0.2) is 56.1 Å². The van der Waals surface area contributed by atoms with Gasteiger partial charge >= 0.3 is 0 Å². The molecule has 0 bridgehead atoms. The van der Waals surface area contributed by atoms with Crippen LogP contribution in [0.2, 0.25) is 5.02 Å². The van der Waals surface area contributed by atoms with Crippen LogP contribution < -0.4 is 9.47 Å². The van der Waals surface area contributed by atoms with Crippen molar-refractivity contribution in [3.05, 3.63) is 58.6 Å². The van der Waals surface area contributed by atoms with E-state index in [1.807, 2.05) is 35.2 Å². The van der Waals surface area contributed by atoms with Crippen LogP contribution in [-0.2, 0) is 17.8 Å². The largest absolute Gasteiger partial charge is 0.493 e. The third-order valence-electron chi connectivity index (χ3n) is 4.85. The summed E-state index contributed by atoms with van der Waals surface area (Å²) in [5, 5.41) is 0.754. The molecule has 0 saturated carbocycles. The number of hydrogen-bond donors (Lipinski definition) is 0. The standard InChI is InChI=1S/C21H25ClN2O3/c1-26-19-8-5-17(13-20(19)27-2)14-21(25)24-11-9-23(10-12-24)15-16-3-6-18(22)7-4-16/h3-8,13H,9-12,14-15H2,1-2H3. The molecule has 0 unspecified atom stereocenters. The highest BCUT2D eigenvalue weighted by Crippen LogP contribution is 2.28. The quantitative estimate of drug-likeness (QED) is 0.761. The lowest BCUT2D eigenvalue weighted by atomic mass is 10.1. The van der Waals surface area contributed by atoms with Gasteiger partial charge in [-0.2, -0.15) is 0 Å². The Balaban J connectivity index is 1.51. The zero-order chi connectivity index (χ0) is 19.2. The Bertz CT molecular complexity index is 771. The van der Waals surface area contributed by atoms with Crippen LogP contribution >= 0.6 is 11.6 Å². The van der Waals surface area contributed by atoms with E-state index in [1.54, 1.807) is 14.2 Å². The Kier molecular flexibility index (Phi) is 6.58. The summed E-state index contributed by atoms with van der Waals surface area (Å²) >= 11 is 5.94. The van der Waals surface area contributed by atoms with Gasteiger partial charge in [-0.05, 0) is 35.4 Å². The fourth-order valence-corrected chi connectivity index (χ4v) is 3.41. The Morgan fingerprint density at radius 1 is 0.926 bits per heavy atom. The molecule has 3 rings (SSSR count). The molecular formula is C21H25ClN2O3. The zero-order valence-corrected chi connectivity index (χ0v) is 16.5. The molecule has 1 aliphatic heterocycles. The molecule has 1 saturated heterocycles. The molecule has 0 spiro atoms. The van der Waals surface area contributed by atoms with Gasteiger partial charge < -0.3 is 14.4 Å². The van der Waals surface area contributed by atoms with E-state index in [4.69, 9.17) is 21.1 Å². The highest BCUT2D eigenvalue weighted by Gasteiger charge is 2.21. The van der Waals surface area contributed by atoms with Gasteiger partial charge in [0.2, 0.25) is 5.91 Å². The maximum atomic E-state index is 12.6. The zero-order valence-electron chi connectivity index (χ0n) is 15.8. The normalized spacial score (nSPS) is 14.9. The summed E-state index contributed by atoms with van der Waals surface area (Å²) in [4.78, 5) is 16.9. The molecule has 6 heteroatoms. The van der Waals surface area contributed by atoms with Gasteiger partial charge in [0.15, 0.2) is 11.5 Å². The first-order valence-corrected chi connectivity index (χ1v) is 9.42. The molecular weight excluding hydrogens is 364 g/mol. The number of carbonyl (C=O) groups is 1. The molecule has 2 aromatic carbocycles. The lowest BCUT2D eigenvalue weighted by Crippen LogP contribution is -2.48. The van der Waals surface area contributed by atoms with Gasteiger partial charge in [-0.1, -0.05) is 29.8 Å². The predicted octanol–water partition coefficient (Wildman–Crippen LogP) is 3.24. The maximum absolute atomic E-state index is 12.6. The van der Waals surface area contributed by atoms with Crippen LogP contribution in [0.25, 0.3) is 0 Å². The number of benzene rings is 2. The average Bonchev–Trinajstić information content (AvgIpc) is 2.70. The molecule has 1 heterocycles. The van der Waals surface area contributed by atoms with Crippen LogP contribution in [0.1, 0.15) is 11.1 Å². The van der Waals surface area contributed by atoms with Crippen molar-refractivity contribution < 1.29 is 14.3 Å². The monoisotopic (exact) mass is 388 g/mol. The minimum atomic E-state index is 0.147. The first kappa shape index (κ1) is 19.5. The molecule has 0 N–H and O–H groups in total. The van der Waals surface area contributed by atoms with Gasteiger partial charge in [-0.3, -0.25) is 9.69 Å². The summed E-state index contributed by atoms with van der Waals surface area (Å²) in [6, 6.07) is 13.6. The first-order chi connectivity index (χ1) is 13.1. The Morgan fingerprint density at radius 2 is 1.56 bits per heavy atom.